The fourth-order valence-corrected chi connectivity index (χ4v) is 1.62. The molecule has 0 radical (unpaired) electrons. The van der Waals surface area contributed by atoms with Gasteiger partial charge >= 0.3 is 0 Å². The molecule has 2 fully saturated rings. The first-order valence-corrected chi connectivity index (χ1v) is 3.31. The van der Waals surface area contributed by atoms with Crippen molar-refractivity contribution >= 4 is 0 Å². The first kappa shape index (κ1) is 4.77. The molecule has 1 N–H and O–H groups in total. The average molecular weight is 111 g/mol. The Morgan fingerprint density at radius 3 is 2.38 bits per heavy atom. The highest BCUT2D eigenvalue weighted by atomic mass is 15.0. The Labute approximate surface area is 49.7 Å². The summed E-state index contributed by atoms with van der Waals surface area (Å²) in [5, 5.41) is 7.69. The van der Waals surface area contributed by atoms with Gasteiger partial charge < -0.3 is 10.6 Å². The van der Waals surface area contributed by atoms with E-state index in [2.05, 4.69) is 10.6 Å². The summed E-state index contributed by atoms with van der Waals surface area (Å²) < 4.78 is 0. The third-order valence-electron chi connectivity index (χ3n) is 2.21. The lowest BCUT2D eigenvalue weighted by Gasteiger charge is -2.07. The van der Waals surface area contributed by atoms with Crippen molar-refractivity contribution in [2.75, 3.05) is 26.2 Å². The molecule has 2 heterocycles. The highest BCUT2D eigenvalue weighted by molar-refractivity contribution is 5.02. The third kappa shape index (κ3) is 0.565. The van der Waals surface area contributed by atoms with Gasteiger partial charge in [-0.25, -0.2) is 0 Å². The number of hydrogen-bond donors (Lipinski definition) is 1. The minimum absolute atomic E-state index is 0.898. The van der Waals surface area contributed by atoms with Gasteiger partial charge in [0, 0.05) is 0 Å². The van der Waals surface area contributed by atoms with Crippen LogP contribution in [0.5, 0.6) is 0 Å². The van der Waals surface area contributed by atoms with E-state index in [1.807, 2.05) is 0 Å². The van der Waals surface area contributed by atoms with Crippen LogP contribution in [0.1, 0.15) is 0 Å². The number of rotatable bonds is 0. The number of hydrogen-bond acceptors (Lipinski definition) is 1. The van der Waals surface area contributed by atoms with Crippen LogP contribution < -0.4 is 5.32 Å². The van der Waals surface area contributed by atoms with Crippen molar-refractivity contribution in [2.45, 2.75) is 0 Å². The van der Waals surface area contributed by atoms with Crippen molar-refractivity contribution in [3.05, 3.63) is 5.32 Å². The Bertz CT molecular complexity index is 72.5. The molecule has 2 atom stereocenters. The maximum atomic E-state index is 4.33. The molecule has 2 aliphatic heterocycles. The minimum Gasteiger partial charge on any atom is -0.662 e. The van der Waals surface area contributed by atoms with Gasteiger partial charge in [0.15, 0.2) is 0 Å². The molecular formula is C6H11N2-. The first-order chi connectivity index (χ1) is 3.97. The Kier molecular flexibility index (Phi) is 1.02. The fraction of sp³-hybridized carbons (Fsp3) is 1.00. The molecule has 2 heteroatoms. The van der Waals surface area contributed by atoms with Gasteiger partial charge in [0.2, 0.25) is 0 Å². The summed E-state index contributed by atoms with van der Waals surface area (Å²) in [4.78, 5) is 0. The number of nitrogens with zero attached hydrogens (tertiary/aromatic N) is 1. The molecule has 2 saturated heterocycles. The quantitative estimate of drug-likeness (QED) is 0.475. The lowest BCUT2D eigenvalue weighted by atomic mass is 10.0. The Morgan fingerprint density at radius 2 is 1.75 bits per heavy atom. The van der Waals surface area contributed by atoms with Crippen LogP contribution in [-0.4, -0.2) is 26.2 Å². The van der Waals surface area contributed by atoms with E-state index in [1.54, 1.807) is 0 Å². The average Bonchev–Trinajstić information content (AvgIpc) is 2.15. The summed E-state index contributed by atoms with van der Waals surface area (Å²) in [7, 11) is 0. The van der Waals surface area contributed by atoms with E-state index in [4.69, 9.17) is 0 Å². The zero-order chi connectivity index (χ0) is 5.40. The Balaban J connectivity index is 2.04. The molecule has 0 aromatic carbocycles. The van der Waals surface area contributed by atoms with Gasteiger partial charge in [0.25, 0.3) is 0 Å². The Hall–Kier alpha value is -0.0800. The summed E-state index contributed by atoms with van der Waals surface area (Å²) in [6, 6.07) is 0. The van der Waals surface area contributed by atoms with Gasteiger partial charge in [0.1, 0.15) is 0 Å². The number of nitrogens with one attached hydrogen (secondary N) is 1. The predicted molar refractivity (Wildman–Crippen MR) is 32.9 cm³/mol. The van der Waals surface area contributed by atoms with Crippen molar-refractivity contribution in [3.63, 3.8) is 0 Å². The third-order valence-corrected chi connectivity index (χ3v) is 2.21. The van der Waals surface area contributed by atoms with Crippen molar-refractivity contribution in [1.29, 1.82) is 0 Å². The van der Waals surface area contributed by atoms with E-state index < -0.39 is 0 Å². The second-order valence-electron chi connectivity index (χ2n) is 2.77. The number of fused-ring (bicyclic) bond motifs is 1. The fourth-order valence-electron chi connectivity index (χ4n) is 1.62. The van der Waals surface area contributed by atoms with Gasteiger partial charge in [-0.15, -0.1) is 13.1 Å². The van der Waals surface area contributed by atoms with Gasteiger partial charge in [-0.05, 0) is 24.9 Å². The second-order valence-corrected chi connectivity index (χ2v) is 2.77. The normalized spacial score (nSPS) is 45.0. The highest BCUT2D eigenvalue weighted by Crippen LogP contribution is 2.26. The van der Waals surface area contributed by atoms with Crippen LogP contribution >= 0.6 is 0 Å². The molecule has 0 spiro atoms. The van der Waals surface area contributed by atoms with E-state index >= 15 is 0 Å². The van der Waals surface area contributed by atoms with Crippen LogP contribution in [0.4, 0.5) is 0 Å². The summed E-state index contributed by atoms with van der Waals surface area (Å²) in [5.41, 5.74) is 0. The van der Waals surface area contributed by atoms with Crippen LogP contribution in [-0.2, 0) is 0 Å². The lowest BCUT2D eigenvalue weighted by Crippen LogP contribution is -2.10. The maximum absolute atomic E-state index is 4.33. The first-order valence-electron chi connectivity index (χ1n) is 3.31. The molecule has 46 valence electrons. The van der Waals surface area contributed by atoms with Crippen molar-refractivity contribution in [3.8, 4) is 0 Å². The lowest BCUT2D eigenvalue weighted by molar-refractivity contribution is 0.533. The van der Waals surface area contributed by atoms with Crippen molar-refractivity contribution in [2.24, 2.45) is 11.8 Å². The molecule has 0 aromatic heterocycles. The molecule has 0 saturated carbocycles. The summed E-state index contributed by atoms with van der Waals surface area (Å²) in [6.45, 7) is 4.68. The molecule has 0 bridgehead atoms. The standard InChI is InChI=1S/C6H11N2/c1-5-2-8-4-6(5)3-7-1/h5-7H,1-4H2/q-1. The molecule has 0 aliphatic carbocycles. The Morgan fingerprint density at radius 1 is 1.12 bits per heavy atom. The smallest absolute Gasteiger partial charge is 0.00344 e. The largest absolute Gasteiger partial charge is 0.662 e. The summed E-state index contributed by atoms with van der Waals surface area (Å²) in [5.74, 6) is 1.80. The molecule has 0 amide bonds. The second kappa shape index (κ2) is 1.71. The van der Waals surface area contributed by atoms with E-state index in [0.717, 1.165) is 24.9 Å². The minimum atomic E-state index is 0.898. The van der Waals surface area contributed by atoms with Crippen LogP contribution in [0.25, 0.3) is 5.32 Å². The van der Waals surface area contributed by atoms with E-state index in [-0.39, 0.29) is 0 Å². The van der Waals surface area contributed by atoms with Gasteiger partial charge in [-0.1, -0.05) is 0 Å². The van der Waals surface area contributed by atoms with Crippen LogP contribution in [0.3, 0.4) is 0 Å². The molecule has 2 unspecified atom stereocenters. The van der Waals surface area contributed by atoms with Gasteiger partial charge in [0.05, 0.1) is 0 Å². The van der Waals surface area contributed by atoms with E-state index in [9.17, 15) is 0 Å². The van der Waals surface area contributed by atoms with Crippen molar-refractivity contribution < 1.29 is 0 Å². The van der Waals surface area contributed by atoms with Crippen molar-refractivity contribution in [1.82, 2.24) is 5.32 Å². The van der Waals surface area contributed by atoms with E-state index in [0.29, 0.717) is 0 Å². The molecule has 2 nitrogen and oxygen atoms in total. The summed E-state index contributed by atoms with van der Waals surface area (Å²) >= 11 is 0. The van der Waals surface area contributed by atoms with Crippen LogP contribution in [0, 0.1) is 11.8 Å². The molecule has 0 aromatic rings. The molecule has 2 aliphatic rings. The topological polar surface area (TPSA) is 26.1 Å². The summed E-state index contributed by atoms with van der Waals surface area (Å²) in [6.07, 6.45) is 0. The predicted octanol–water partition coefficient (Wildman–Crippen LogP) is 0.209. The monoisotopic (exact) mass is 111 g/mol. The highest BCUT2D eigenvalue weighted by Gasteiger charge is 2.24. The zero-order valence-electron chi connectivity index (χ0n) is 4.93. The zero-order valence-corrected chi connectivity index (χ0v) is 4.93. The van der Waals surface area contributed by atoms with Gasteiger partial charge in [-0.2, -0.15) is 0 Å². The molecule has 2 rings (SSSR count). The van der Waals surface area contributed by atoms with Crippen LogP contribution in [0.15, 0.2) is 0 Å². The SMILES string of the molecule is C1[N-]CC2CNCC12. The van der Waals surface area contributed by atoms with E-state index in [1.165, 1.54) is 13.1 Å². The molecular weight excluding hydrogens is 100 g/mol. The van der Waals surface area contributed by atoms with Gasteiger partial charge in [-0.3, -0.25) is 0 Å². The van der Waals surface area contributed by atoms with Crippen LogP contribution in [0.2, 0.25) is 0 Å². The molecule has 8 heavy (non-hydrogen) atoms. The maximum Gasteiger partial charge on any atom is -0.00344 e.